The molecule has 27 heavy (non-hydrogen) atoms. The highest BCUT2D eigenvalue weighted by Crippen LogP contribution is 2.29. The van der Waals surface area contributed by atoms with Crippen LogP contribution in [0.5, 0.6) is 0 Å². The molecule has 7 heteroatoms. The van der Waals surface area contributed by atoms with Gasteiger partial charge in [0.1, 0.15) is 0 Å². The van der Waals surface area contributed by atoms with Crippen molar-refractivity contribution in [3.05, 3.63) is 71.3 Å². The van der Waals surface area contributed by atoms with Crippen molar-refractivity contribution in [2.45, 2.75) is 32.0 Å². The smallest absolute Gasteiger partial charge is 0.416 e. The molecule has 1 amide bonds. The number of ether oxygens (including phenoxy) is 1. The van der Waals surface area contributed by atoms with Crippen LogP contribution in [0.1, 0.15) is 47.3 Å². The molecule has 144 valence electrons. The highest BCUT2D eigenvalue weighted by molar-refractivity contribution is 5.91. The van der Waals surface area contributed by atoms with Crippen molar-refractivity contribution in [3.8, 4) is 0 Å². The molecule has 0 fully saturated rings. The maximum Gasteiger partial charge on any atom is 0.416 e. The number of amides is 1. The van der Waals surface area contributed by atoms with E-state index >= 15 is 0 Å². The molecule has 0 radical (unpaired) electrons. The molecule has 1 unspecified atom stereocenters. The fraction of sp³-hybridized carbons (Fsp3) is 0.300. The molecular weight excluding hydrogens is 359 g/mol. The maximum atomic E-state index is 12.7. The normalized spacial score (nSPS) is 12.3. The molecule has 2 aromatic rings. The van der Waals surface area contributed by atoms with Gasteiger partial charge in [-0.3, -0.25) is 4.79 Å². The van der Waals surface area contributed by atoms with Crippen LogP contribution in [-0.2, 0) is 15.7 Å². The Morgan fingerprint density at radius 3 is 2.41 bits per heavy atom. The summed E-state index contributed by atoms with van der Waals surface area (Å²) in [6, 6.07) is 13.0. The molecule has 0 spiro atoms. The summed E-state index contributed by atoms with van der Waals surface area (Å²) in [7, 11) is 0. The van der Waals surface area contributed by atoms with Crippen LogP contribution >= 0.6 is 0 Å². The Kier molecular flexibility index (Phi) is 6.98. The second kappa shape index (κ2) is 9.21. The summed E-state index contributed by atoms with van der Waals surface area (Å²) >= 11 is 0. The fourth-order valence-corrected chi connectivity index (χ4v) is 2.57. The van der Waals surface area contributed by atoms with E-state index in [9.17, 15) is 22.8 Å². The summed E-state index contributed by atoms with van der Waals surface area (Å²) in [6.45, 7) is 1.41. The minimum Gasteiger partial charge on any atom is -0.452 e. The molecule has 0 saturated carbocycles. The van der Waals surface area contributed by atoms with Gasteiger partial charge in [0, 0.05) is 0 Å². The van der Waals surface area contributed by atoms with Gasteiger partial charge in [-0.15, -0.1) is 0 Å². The monoisotopic (exact) mass is 379 g/mol. The molecule has 1 N–H and O–H groups in total. The van der Waals surface area contributed by atoms with Gasteiger partial charge in [-0.1, -0.05) is 49.7 Å². The Morgan fingerprint density at radius 1 is 1.07 bits per heavy atom. The lowest BCUT2D eigenvalue weighted by molar-refractivity contribution is -0.137. The molecule has 0 aliphatic rings. The van der Waals surface area contributed by atoms with Gasteiger partial charge in [0.25, 0.3) is 5.91 Å². The third-order valence-corrected chi connectivity index (χ3v) is 3.87. The van der Waals surface area contributed by atoms with Gasteiger partial charge < -0.3 is 10.1 Å². The van der Waals surface area contributed by atoms with Gasteiger partial charge in [0.05, 0.1) is 17.2 Å². The molecule has 2 rings (SSSR count). The fourth-order valence-electron chi connectivity index (χ4n) is 2.57. The summed E-state index contributed by atoms with van der Waals surface area (Å²) in [5.74, 6) is -1.50. The first-order valence-corrected chi connectivity index (χ1v) is 8.50. The second-order valence-corrected chi connectivity index (χ2v) is 5.97. The highest BCUT2D eigenvalue weighted by Gasteiger charge is 2.31. The first kappa shape index (κ1) is 20.5. The van der Waals surface area contributed by atoms with E-state index in [2.05, 4.69) is 5.32 Å². The van der Waals surface area contributed by atoms with E-state index in [1.807, 2.05) is 37.3 Å². The predicted molar refractivity (Wildman–Crippen MR) is 94.0 cm³/mol. The molecule has 4 nitrogen and oxygen atoms in total. The van der Waals surface area contributed by atoms with Crippen LogP contribution in [0.2, 0.25) is 0 Å². The van der Waals surface area contributed by atoms with E-state index in [1.54, 1.807) is 0 Å². The summed E-state index contributed by atoms with van der Waals surface area (Å²) in [5, 5.41) is 2.78. The molecular formula is C20H20F3NO3. The van der Waals surface area contributed by atoms with Crippen molar-refractivity contribution in [3.63, 3.8) is 0 Å². The van der Waals surface area contributed by atoms with Crippen molar-refractivity contribution >= 4 is 11.9 Å². The number of carbonyl (C=O) groups is 2. The molecule has 1 atom stereocenters. The van der Waals surface area contributed by atoms with Crippen LogP contribution in [0.15, 0.2) is 54.6 Å². The Hall–Kier alpha value is -2.83. The summed E-state index contributed by atoms with van der Waals surface area (Å²) in [4.78, 5) is 24.0. The number of hydrogen-bond donors (Lipinski definition) is 1. The number of nitrogens with one attached hydrogen (secondary N) is 1. The molecule has 0 aliphatic carbocycles. The van der Waals surface area contributed by atoms with Crippen molar-refractivity contribution in [1.29, 1.82) is 0 Å². The minimum atomic E-state index is -4.56. The van der Waals surface area contributed by atoms with E-state index in [0.29, 0.717) is 12.5 Å². The van der Waals surface area contributed by atoms with Crippen LogP contribution in [0.25, 0.3) is 0 Å². The van der Waals surface area contributed by atoms with Crippen molar-refractivity contribution < 1.29 is 27.5 Å². The minimum absolute atomic E-state index is 0.226. The molecule has 0 bridgehead atoms. The van der Waals surface area contributed by atoms with Crippen LogP contribution in [0, 0.1) is 0 Å². The molecule has 0 heterocycles. The van der Waals surface area contributed by atoms with Crippen molar-refractivity contribution in [1.82, 2.24) is 5.32 Å². The van der Waals surface area contributed by atoms with Gasteiger partial charge in [0.15, 0.2) is 6.61 Å². The third kappa shape index (κ3) is 6.13. The van der Waals surface area contributed by atoms with Gasteiger partial charge in [-0.2, -0.15) is 13.2 Å². The Labute approximate surface area is 155 Å². The molecule has 0 aliphatic heterocycles. The Balaban J connectivity index is 1.95. The van der Waals surface area contributed by atoms with E-state index in [0.717, 1.165) is 24.1 Å². The first-order chi connectivity index (χ1) is 12.8. The summed E-state index contributed by atoms with van der Waals surface area (Å²) < 4.78 is 43.0. The topological polar surface area (TPSA) is 55.4 Å². The number of carbonyl (C=O) groups excluding carboxylic acids is 2. The lowest BCUT2D eigenvalue weighted by atomic mass is 10.0. The average Bonchev–Trinajstić information content (AvgIpc) is 2.66. The zero-order valence-corrected chi connectivity index (χ0v) is 14.8. The zero-order chi connectivity index (χ0) is 19.9. The Bertz CT molecular complexity index is 776. The number of hydrogen-bond acceptors (Lipinski definition) is 3. The van der Waals surface area contributed by atoms with E-state index < -0.39 is 30.2 Å². The van der Waals surface area contributed by atoms with Crippen LogP contribution < -0.4 is 5.32 Å². The van der Waals surface area contributed by atoms with Gasteiger partial charge in [-0.05, 0) is 30.2 Å². The average molecular weight is 379 g/mol. The molecule has 2 aromatic carbocycles. The quantitative estimate of drug-likeness (QED) is 0.720. The number of esters is 1. The number of benzene rings is 2. The largest absolute Gasteiger partial charge is 0.452 e. The van der Waals surface area contributed by atoms with Gasteiger partial charge in [-0.25, -0.2) is 4.79 Å². The Morgan fingerprint density at radius 2 is 1.78 bits per heavy atom. The highest BCUT2D eigenvalue weighted by atomic mass is 19.4. The SMILES string of the molecule is CCCC(NC(=O)COC(=O)c1cccc(C(F)(F)F)c1)c1ccccc1. The number of rotatable bonds is 7. The first-order valence-electron chi connectivity index (χ1n) is 8.50. The lowest BCUT2D eigenvalue weighted by Gasteiger charge is -2.18. The van der Waals surface area contributed by atoms with E-state index in [1.165, 1.54) is 6.07 Å². The van der Waals surface area contributed by atoms with Gasteiger partial charge in [0.2, 0.25) is 0 Å². The standard InChI is InChI=1S/C20H20F3NO3/c1-2-7-17(14-8-4-3-5-9-14)24-18(25)13-27-19(26)15-10-6-11-16(12-15)20(21,22)23/h3-6,8-12,17H,2,7,13H2,1H3,(H,24,25). The zero-order valence-electron chi connectivity index (χ0n) is 14.8. The van der Waals surface area contributed by atoms with Crippen LogP contribution in [0.3, 0.4) is 0 Å². The second-order valence-electron chi connectivity index (χ2n) is 5.97. The third-order valence-electron chi connectivity index (χ3n) is 3.87. The summed E-state index contributed by atoms with van der Waals surface area (Å²) in [5.41, 5.74) is -0.281. The predicted octanol–water partition coefficient (Wildman–Crippen LogP) is 4.52. The lowest BCUT2D eigenvalue weighted by Crippen LogP contribution is -2.32. The van der Waals surface area contributed by atoms with E-state index in [-0.39, 0.29) is 11.6 Å². The van der Waals surface area contributed by atoms with Crippen molar-refractivity contribution in [2.75, 3.05) is 6.61 Å². The van der Waals surface area contributed by atoms with Gasteiger partial charge >= 0.3 is 12.1 Å². The van der Waals surface area contributed by atoms with Crippen molar-refractivity contribution in [2.24, 2.45) is 0 Å². The summed E-state index contributed by atoms with van der Waals surface area (Å²) in [6.07, 6.45) is -3.02. The number of alkyl halides is 3. The maximum absolute atomic E-state index is 12.7. The number of halogens is 3. The molecule has 0 aromatic heterocycles. The van der Waals surface area contributed by atoms with E-state index in [4.69, 9.17) is 4.74 Å². The van der Waals surface area contributed by atoms with Crippen LogP contribution in [-0.4, -0.2) is 18.5 Å². The van der Waals surface area contributed by atoms with Crippen LogP contribution in [0.4, 0.5) is 13.2 Å². The molecule has 0 saturated heterocycles.